The van der Waals surface area contributed by atoms with Gasteiger partial charge in [0.05, 0.1) is 33.4 Å². The molecule has 0 saturated heterocycles. The van der Waals surface area contributed by atoms with Gasteiger partial charge in [0.15, 0.2) is 0 Å². The van der Waals surface area contributed by atoms with E-state index in [9.17, 15) is 0 Å². The fourth-order valence-electron chi connectivity index (χ4n) is 9.13. The molecule has 0 radical (unpaired) electrons. The van der Waals surface area contributed by atoms with Gasteiger partial charge in [-0.1, -0.05) is 177 Å². The second-order valence-corrected chi connectivity index (χ2v) is 20.6. The van der Waals surface area contributed by atoms with Gasteiger partial charge in [-0.05, 0) is 111 Å². The Bertz CT molecular complexity index is 3510. The first-order valence-corrected chi connectivity index (χ1v) is 22.9. The number of aromatic nitrogens is 4. The van der Waals surface area contributed by atoms with Crippen molar-refractivity contribution in [3.63, 3.8) is 0 Å². The van der Waals surface area contributed by atoms with Crippen molar-refractivity contribution < 1.29 is 13.4 Å². The molecule has 0 bridgehead atoms. The molecule has 0 N–H and O–H groups in total. The topological polar surface area (TPSA) is 35.9 Å². The molecule has 5 nitrogen and oxygen atoms in total. The molecule has 0 aliphatic rings. The highest BCUT2D eigenvalue weighted by atomic mass is 16.5. The molecule has 0 atom stereocenters. The number of hydrogen-bond acceptors (Lipinski definition) is 2. The highest BCUT2D eigenvalue weighted by Gasteiger charge is 2.24. The number of hydrogen-bond donors (Lipinski definition) is 0. The van der Waals surface area contributed by atoms with Crippen LogP contribution < -0.4 is 9.30 Å². The average molecular weight is 866 g/mol. The molecular weight excluding hydrogens is 805 g/mol. The zero-order valence-electron chi connectivity index (χ0n) is 42.4. The van der Waals surface area contributed by atoms with Crippen molar-refractivity contribution in [1.29, 1.82) is 0 Å². The van der Waals surface area contributed by atoms with Crippen molar-refractivity contribution in [2.75, 3.05) is 0 Å². The Hall–Kier alpha value is -7.24. The van der Waals surface area contributed by atoms with Crippen LogP contribution in [0.3, 0.4) is 0 Å². The maximum atomic E-state index is 8.74. The molecule has 0 fully saturated rings. The molecule has 7 aromatic carbocycles. The summed E-state index contributed by atoms with van der Waals surface area (Å²) in [5.74, 6) is 2.23. The minimum absolute atomic E-state index is 0.0392. The van der Waals surface area contributed by atoms with Crippen LogP contribution >= 0.6 is 0 Å². The minimum atomic E-state index is -2.36. The fourth-order valence-corrected chi connectivity index (χ4v) is 9.13. The molecule has 0 amide bonds. The molecule has 3 heterocycles. The quantitative estimate of drug-likeness (QED) is 0.118. The predicted molar refractivity (Wildman–Crippen MR) is 274 cm³/mol. The monoisotopic (exact) mass is 865 g/mol. The summed E-state index contributed by atoms with van der Waals surface area (Å²) in [6.45, 7) is 17.5. The van der Waals surface area contributed by atoms with Gasteiger partial charge in [0.1, 0.15) is 17.3 Å². The van der Waals surface area contributed by atoms with Gasteiger partial charge in [0.25, 0.3) is 6.33 Å². The van der Waals surface area contributed by atoms with Gasteiger partial charge in [-0.25, -0.2) is 4.98 Å². The second kappa shape index (κ2) is 16.0. The summed E-state index contributed by atoms with van der Waals surface area (Å²) in [6, 6.07) is 56.1. The first-order chi connectivity index (χ1) is 32.7. The molecule has 10 rings (SSSR count). The summed E-state index contributed by atoms with van der Waals surface area (Å²) in [4.78, 5) is 4.88. The standard InChI is InChI=1S/C61H58N4O/c1-40-32-51(41-18-15-20-43(34-41)59(2,3)4)58(52(33-40)42-19-16-21-44(35-42)60(5,6)7)64-39-63(54-26-13-14-27-55(54)64)46-22-17-23-47(37-46)66-48-28-29-50-49-24-11-12-25-53(49)65(56(50)38-48)57-36-45(30-31-62-57)61(8,9)10/h11-38H,1-10H3/i1D3. The normalized spacial score (nSPS) is 13.3. The first kappa shape index (κ1) is 39.2. The Morgan fingerprint density at radius 2 is 1.12 bits per heavy atom. The van der Waals surface area contributed by atoms with E-state index >= 15 is 0 Å². The Morgan fingerprint density at radius 1 is 0.530 bits per heavy atom. The molecule has 328 valence electrons. The molecule has 66 heavy (non-hydrogen) atoms. The van der Waals surface area contributed by atoms with Gasteiger partial charge in [-0.2, -0.15) is 0 Å². The van der Waals surface area contributed by atoms with E-state index in [0.717, 1.165) is 83.4 Å². The number of benzene rings is 7. The van der Waals surface area contributed by atoms with Crippen molar-refractivity contribution in [1.82, 2.24) is 14.1 Å². The molecule has 0 aliphatic heterocycles. The maximum absolute atomic E-state index is 8.74. The van der Waals surface area contributed by atoms with E-state index in [1.807, 2.05) is 54.7 Å². The summed E-state index contributed by atoms with van der Waals surface area (Å²) < 4.78 is 39.4. The largest absolute Gasteiger partial charge is 0.458 e. The Kier molecular flexibility index (Phi) is 9.51. The number of ether oxygens (including phenoxy) is 1. The first-order valence-electron chi connectivity index (χ1n) is 24.4. The zero-order chi connectivity index (χ0) is 48.6. The number of nitrogens with zero attached hydrogens (tertiary/aromatic N) is 4. The highest BCUT2D eigenvalue weighted by Crippen LogP contribution is 2.40. The summed E-state index contributed by atoms with van der Waals surface area (Å²) in [7, 11) is 0. The van der Waals surface area contributed by atoms with E-state index in [1.54, 1.807) is 0 Å². The lowest BCUT2D eigenvalue weighted by atomic mass is 9.83. The maximum Gasteiger partial charge on any atom is 0.269 e. The van der Waals surface area contributed by atoms with E-state index in [-0.39, 0.29) is 21.8 Å². The Labute approximate surface area is 393 Å². The van der Waals surface area contributed by atoms with E-state index in [0.29, 0.717) is 11.5 Å². The predicted octanol–water partition coefficient (Wildman–Crippen LogP) is 15.5. The third kappa shape index (κ3) is 7.87. The van der Waals surface area contributed by atoms with Gasteiger partial charge in [0.2, 0.25) is 0 Å². The number of aryl methyl sites for hydroxylation is 1. The van der Waals surface area contributed by atoms with Gasteiger partial charge in [-0.3, -0.25) is 13.7 Å². The molecule has 3 aromatic heterocycles. The molecule has 0 unspecified atom stereocenters. The Morgan fingerprint density at radius 3 is 1.79 bits per heavy atom. The molecule has 0 aliphatic carbocycles. The van der Waals surface area contributed by atoms with E-state index in [1.165, 1.54) is 5.56 Å². The van der Waals surface area contributed by atoms with Crippen molar-refractivity contribution in [2.24, 2.45) is 0 Å². The lowest BCUT2D eigenvalue weighted by molar-refractivity contribution is -0.571. The van der Waals surface area contributed by atoms with Gasteiger partial charge in [0, 0.05) is 27.1 Å². The highest BCUT2D eigenvalue weighted by molar-refractivity contribution is 6.09. The van der Waals surface area contributed by atoms with Crippen molar-refractivity contribution in [3.8, 4) is 50.9 Å². The Balaban J connectivity index is 1.14. The summed E-state index contributed by atoms with van der Waals surface area (Å²) in [5.41, 5.74) is 12.6. The van der Waals surface area contributed by atoms with Crippen molar-refractivity contribution in [2.45, 2.75) is 85.4 Å². The molecule has 0 saturated carbocycles. The summed E-state index contributed by atoms with van der Waals surface area (Å²) >= 11 is 0. The number of imidazole rings is 1. The van der Waals surface area contributed by atoms with Crippen LogP contribution in [0.2, 0.25) is 0 Å². The van der Waals surface area contributed by atoms with Crippen LogP contribution in [0, 0.1) is 13.2 Å². The minimum Gasteiger partial charge on any atom is -0.458 e. The lowest BCUT2D eigenvalue weighted by Gasteiger charge is -2.23. The van der Waals surface area contributed by atoms with Crippen LogP contribution in [0.15, 0.2) is 170 Å². The van der Waals surface area contributed by atoms with Crippen LogP contribution in [-0.2, 0) is 16.2 Å². The van der Waals surface area contributed by atoms with Crippen molar-refractivity contribution >= 4 is 32.8 Å². The van der Waals surface area contributed by atoms with Gasteiger partial charge >= 0.3 is 0 Å². The molecular formula is C61H58N4O. The number of para-hydroxylation sites is 3. The smallest absolute Gasteiger partial charge is 0.269 e. The van der Waals surface area contributed by atoms with Gasteiger partial charge < -0.3 is 4.74 Å². The fraction of sp³-hybridized carbons (Fsp3) is 0.213. The lowest BCUT2D eigenvalue weighted by Crippen LogP contribution is -2.31. The summed E-state index contributed by atoms with van der Waals surface area (Å²) in [5, 5.41) is 2.27. The number of rotatable bonds is 7. The van der Waals surface area contributed by atoms with Crippen LogP contribution in [0.5, 0.6) is 11.5 Å². The molecule has 10 aromatic rings. The van der Waals surface area contributed by atoms with Crippen molar-refractivity contribution in [3.05, 3.63) is 199 Å². The van der Waals surface area contributed by atoms with E-state index in [2.05, 4.69) is 198 Å². The van der Waals surface area contributed by atoms with Crippen LogP contribution in [-0.4, -0.2) is 14.1 Å². The van der Waals surface area contributed by atoms with Gasteiger partial charge in [-0.15, -0.1) is 0 Å². The molecule has 5 heteroatoms. The van der Waals surface area contributed by atoms with E-state index in [4.69, 9.17) is 13.8 Å². The number of pyridine rings is 1. The van der Waals surface area contributed by atoms with E-state index < -0.39 is 6.85 Å². The second-order valence-electron chi connectivity index (χ2n) is 20.6. The van der Waals surface area contributed by atoms with Crippen LogP contribution in [0.1, 0.15) is 88.7 Å². The number of fused-ring (bicyclic) bond motifs is 4. The van der Waals surface area contributed by atoms with Crippen LogP contribution in [0.4, 0.5) is 0 Å². The van der Waals surface area contributed by atoms with Crippen LogP contribution in [0.25, 0.3) is 72.3 Å². The third-order valence-electron chi connectivity index (χ3n) is 12.8. The third-order valence-corrected chi connectivity index (χ3v) is 12.8. The SMILES string of the molecule is [2H]C([2H])([2H])c1cc(-c2cccc(C(C)(C)C)c2)c(-[n+]2[c-]n(-c3cccc(Oc4ccc5c6ccccc6n(-c6cc(C(C)(C)C)ccn6)c5c4)c3)c3ccccc32)c(-c2cccc(C(C)(C)C)c2)c1. The zero-order valence-corrected chi connectivity index (χ0v) is 39.4. The average Bonchev–Trinajstić information content (AvgIpc) is 3.86. The molecule has 0 spiro atoms. The summed E-state index contributed by atoms with van der Waals surface area (Å²) in [6.07, 6.45) is 5.69.